The summed E-state index contributed by atoms with van der Waals surface area (Å²) in [6, 6.07) is 7.14. The summed E-state index contributed by atoms with van der Waals surface area (Å²) in [6.45, 7) is 0. The van der Waals surface area contributed by atoms with Crippen molar-refractivity contribution in [1.29, 1.82) is 0 Å². The van der Waals surface area contributed by atoms with Crippen LogP contribution in [0.15, 0.2) is 35.0 Å². The highest BCUT2D eigenvalue weighted by Gasteiger charge is 2.14. The first-order valence-corrected chi connectivity index (χ1v) is 5.69. The van der Waals surface area contributed by atoms with Crippen LogP contribution in [0.4, 0.5) is 10.7 Å². The summed E-state index contributed by atoms with van der Waals surface area (Å²) in [5.41, 5.74) is 1.61. The fourth-order valence-corrected chi connectivity index (χ4v) is 1.51. The lowest BCUT2D eigenvalue weighted by molar-refractivity contribution is 0.229. The van der Waals surface area contributed by atoms with Gasteiger partial charge in [0.1, 0.15) is 5.75 Å². The molecule has 0 saturated heterocycles. The van der Waals surface area contributed by atoms with E-state index in [4.69, 9.17) is 9.26 Å². The van der Waals surface area contributed by atoms with E-state index in [1.165, 1.54) is 4.90 Å². The van der Waals surface area contributed by atoms with Crippen molar-refractivity contribution >= 4 is 11.9 Å². The number of methoxy groups -OCH3 is 1. The van der Waals surface area contributed by atoms with Crippen molar-refractivity contribution in [3.05, 3.63) is 30.5 Å². The lowest BCUT2D eigenvalue weighted by atomic mass is 10.1. The van der Waals surface area contributed by atoms with Crippen molar-refractivity contribution < 1.29 is 14.1 Å². The Morgan fingerprint density at radius 2 is 2.00 bits per heavy atom. The van der Waals surface area contributed by atoms with Crippen LogP contribution in [0.1, 0.15) is 0 Å². The van der Waals surface area contributed by atoms with Crippen LogP contribution in [-0.4, -0.2) is 37.3 Å². The van der Waals surface area contributed by atoms with Gasteiger partial charge in [-0.05, 0) is 17.7 Å². The summed E-state index contributed by atoms with van der Waals surface area (Å²) < 4.78 is 10.2. The van der Waals surface area contributed by atoms with E-state index in [0.29, 0.717) is 5.88 Å². The van der Waals surface area contributed by atoms with Crippen LogP contribution in [0.3, 0.4) is 0 Å². The SMILES string of the molecule is COc1ccc(-c2cnoc2NC(=O)N(C)C)cc1. The number of urea groups is 1. The third-order valence-corrected chi connectivity index (χ3v) is 2.60. The van der Waals surface area contributed by atoms with Crippen molar-refractivity contribution in [2.24, 2.45) is 0 Å². The maximum absolute atomic E-state index is 11.6. The Bertz CT molecular complexity index is 561. The van der Waals surface area contributed by atoms with Gasteiger partial charge in [-0.1, -0.05) is 17.3 Å². The molecular weight excluding hydrogens is 246 g/mol. The van der Waals surface area contributed by atoms with Gasteiger partial charge in [-0.15, -0.1) is 0 Å². The molecule has 6 nitrogen and oxygen atoms in total. The molecule has 0 radical (unpaired) electrons. The average molecular weight is 261 g/mol. The molecular formula is C13H15N3O3. The fraction of sp³-hybridized carbons (Fsp3) is 0.231. The first-order chi connectivity index (χ1) is 9.11. The van der Waals surface area contributed by atoms with Crippen molar-refractivity contribution in [3.63, 3.8) is 0 Å². The molecule has 0 unspecified atom stereocenters. The average Bonchev–Trinajstić information content (AvgIpc) is 2.87. The molecule has 2 aromatic rings. The molecule has 1 heterocycles. The molecule has 0 saturated carbocycles. The smallest absolute Gasteiger partial charge is 0.323 e. The Morgan fingerprint density at radius 1 is 1.32 bits per heavy atom. The summed E-state index contributed by atoms with van der Waals surface area (Å²) in [5.74, 6) is 1.09. The number of rotatable bonds is 3. The molecule has 0 bridgehead atoms. The van der Waals surface area contributed by atoms with Gasteiger partial charge in [0.05, 0.1) is 18.9 Å². The van der Waals surface area contributed by atoms with Crippen molar-refractivity contribution in [2.45, 2.75) is 0 Å². The lowest BCUT2D eigenvalue weighted by Crippen LogP contribution is -2.27. The number of aromatic nitrogens is 1. The summed E-state index contributed by atoms with van der Waals surface area (Å²) in [4.78, 5) is 13.0. The van der Waals surface area contributed by atoms with E-state index in [1.807, 2.05) is 24.3 Å². The molecule has 1 N–H and O–H groups in total. The normalized spacial score (nSPS) is 10.1. The Morgan fingerprint density at radius 3 is 2.58 bits per heavy atom. The third-order valence-electron chi connectivity index (χ3n) is 2.60. The summed E-state index contributed by atoms with van der Waals surface area (Å²) in [7, 11) is 4.91. The predicted octanol–water partition coefficient (Wildman–Crippen LogP) is 2.44. The number of hydrogen-bond acceptors (Lipinski definition) is 4. The van der Waals surface area contributed by atoms with Gasteiger partial charge in [-0.25, -0.2) is 4.79 Å². The van der Waals surface area contributed by atoms with E-state index in [1.54, 1.807) is 27.4 Å². The molecule has 1 aromatic heterocycles. The Balaban J connectivity index is 2.25. The molecule has 0 spiro atoms. The van der Waals surface area contributed by atoms with Crippen LogP contribution in [-0.2, 0) is 0 Å². The topological polar surface area (TPSA) is 67.6 Å². The highest BCUT2D eigenvalue weighted by Crippen LogP contribution is 2.29. The van der Waals surface area contributed by atoms with E-state index in [-0.39, 0.29) is 6.03 Å². The summed E-state index contributed by atoms with van der Waals surface area (Å²) in [6.07, 6.45) is 1.56. The molecule has 0 aliphatic rings. The van der Waals surface area contributed by atoms with Crippen molar-refractivity contribution in [1.82, 2.24) is 10.1 Å². The first kappa shape index (κ1) is 12.9. The number of benzene rings is 1. The van der Waals surface area contributed by atoms with Crippen LogP contribution >= 0.6 is 0 Å². The highest BCUT2D eigenvalue weighted by molar-refractivity contribution is 5.91. The molecule has 6 heteroatoms. The van der Waals surface area contributed by atoms with Gasteiger partial charge in [-0.3, -0.25) is 5.32 Å². The van der Waals surface area contributed by atoms with Gasteiger partial charge in [0.15, 0.2) is 0 Å². The molecule has 1 aromatic carbocycles. The van der Waals surface area contributed by atoms with Crippen LogP contribution in [0, 0.1) is 0 Å². The summed E-state index contributed by atoms with van der Waals surface area (Å²) >= 11 is 0. The zero-order valence-corrected chi connectivity index (χ0v) is 11.0. The number of carbonyl (C=O) groups is 1. The van der Waals surface area contributed by atoms with Gasteiger partial charge in [0, 0.05) is 14.1 Å². The molecule has 0 aliphatic heterocycles. The van der Waals surface area contributed by atoms with Crippen LogP contribution in [0.25, 0.3) is 11.1 Å². The number of nitrogens with zero attached hydrogens (tertiary/aromatic N) is 2. The maximum atomic E-state index is 11.6. The number of anilines is 1. The van der Waals surface area contributed by atoms with E-state index in [0.717, 1.165) is 16.9 Å². The minimum Gasteiger partial charge on any atom is -0.497 e. The molecule has 19 heavy (non-hydrogen) atoms. The second kappa shape index (κ2) is 5.43. The van der Waals surface area contributed by atoms with Crippen LogP contribution in [0.5, 0.6) is 5.75 Å². The van der Waals surface area contributed by atoms with Gasteiger partial charge in [0.2, 0.25) is 5.88 Å². The predicted molar refractivity (Wildman–Crippen MR) is 71.2 cm³/mol. The molecule has 0 fully saturated rings. The Hall–Kier alpha value is -2.50. The van der Waals surface area contributed by atoms with E-state index in [2.05, 4.69) is 10.5 Å². The van der Waals surface area contributed by atoms with E-state index in [9.17, 15) is 4.79 Å². The highest BCUT2D eigenvalue weighted by atomic mass is 16.5. The quantitative estimate of drug-likeness (QED) is 0.921. The second-order valence-electron chi connectivity index (χ2n) is 4.12. The monoisotopic (exact) mass is 261 g/mol. The molecule has 100 valence electrons. The maximum Gasteiger partial charge on any atom is 0.323 e. The van der Waals surface area contributed by atoms with Gasteiger partial charge >= 0.3 is 6.03 Å². The van der Waals surface area contributed by atoms with Gasteiger partial charge < -0.3 is 14.2 Å². The minimum atomic E-state index is -0.272. The largest absolute Gasteiger partial charge is 0.497 e. The zero-order chi connectivity index (χ0) is 13.8. The third kappa shape index (κ3) is 2.85. The Kier molecular flexibility index (Phi) is 3.70. The summed E-state index contributed by atoms with van der Waals surface area (Å²) in [5, 5.41) is 6.36. The fourth-order valence-electron chi connectivity index (χ4n) is 1.51. The number of ether oxygens (including phenoxy) is 1. The number of nitrogens with one attached hydrogen (secondary N) is 1. The molecule has 2 amide bonds. The Labute approximate surface area is 110 Å². The standard InChI is InChI=1S/C13H15N3O3/c1-16(2)13(17)15-12-11(8-14-19-12)9-4-6-10(18-3)7-5-9/h4-8H,1-3H3,(H,15,17). The van der Waals surface area contributed by atoms with Gasteiger partial charge in [-0.2, -0.15) is 0 Å². The van der Waals surface area contributed by atoms with E-state index >= 15 is 0 Å². The molecule has 0 aliphatic carbocycles. The van der Waals surface area contributed by atoms with Crippen LogP contribution < -0.4 is 10.1 Å². The molecule has 2 rings (SSSR count). The molecule has 0 atom stereocenters. The van der Waals surface area contributed by atoms with Crippen molar-refractivity contribution in [3.8, 4) is 16.9 Å². The van der Waals surface area contributed by atoms with Gasteiger partial charge in [0.25, 0.3) is 0 Å². The first-order valence-electron chi connectivity index (χ1n) is 5.69. The number of carbonyl (C=O) groups excluding carboxylic acids is 1. The number of amides is 2. The van der Waals surface area contributed by atoms with Crippen LogP contribution in [0.2, 0.25) is 0 Å². The van der Waals surface area contributed by atoms with E-state index < -0.39 is 0 Å². The lowest BCUT2D eigenvalue weighted by Gasteiger charge is -2.10. The number of hydrogen-bond donors (Lipinski definition) is 1. The minimum absolute atomic E-state index is 0.272. The van der Waals surface area contributed by atoms with Crippen molar-refractivity contribution in [2.75, 3.05) is 26.5 Å². The zero-order valence-electron chi connectivity index (χ0n) is 11.0. The second-order valence-corrected chi connectivity index (χ2v) is 4.12.